The summed E-state index contributed by atoms with van der Waals surface area (Å²) in [6.45, 7) is 23.8. The van der Waals surface area contributed by atoms with Crippen LogP contribution in [0.5, 0.6) is 0 Å². The van der Waals surface area contributed by atoms with Gasteiger partial charge in [0.05, 0.1) is 0 Å². The van der Waals surface area contributed by atoms with Gasteiger partial charge in [0.1, 0.15) is 0 Å². The fraction of sp³-hybridized carbons (Fsp3) is 0.583. The van der Waals surface area contributed by atoms with E-state index in [0.29, 0.717) is 17.5 Å². The lowest BCUT2D eigenvalue weighted by atomic mass is 9.32. The minimum atomic E-state index is 0.0583. The second-order valence-electron chi connectivity index (χ2n) is 18.1. The SMILES string of the molecule is C=C/C=C1\C2=C(C=C)N(C3CCCCCCC3)c3cc(C)c(C(C)(C)CC(C)(C)CCC)cc3B2c2ccccc2N1C1CCCCCCCC1. The topological polar surface area (TPSA) is 6.48 Å². The number of para-hydroxylation sites is 1. The van der Waals surface area contributed by atoms with Crippen molar-refractivity contribution in [2.45, 2.75) is 175 Å². The Morgan fingerprint density at radius 3 is 1.88 bits per heavy atom. The van der Waals surface area contributed by atoms with Crippen molar-refractivity contribution in [3.63, 3.8) is 0 Å². The summed E-state index contributed by atoms with van der Waals surface area (Å²) in [5.74, 6) is 0. The van der Waals surface area contributed by atoms with Gasteiger partial charge in [0, 0.05) is 34.9 Å². The molecule has 2 saturated carbocycles. The summed E-state index contributed by atoms with van der Waals surface area (Å²) >= 11 is 0. The third-order valence-corrected chi connectivity index (χ3v) is 13.0. The van der Waals surface area contributed by atoms with Gasteiger partial charge in [0.15, 0.2) is 0 Å². The number of hydrogen-bond donors (Lipinski definition) is 0. The number of allylic oxidation sites excluding steroid dienone is 4. The molecule has 2 nitrogen and oxygen atoms in total. The average Bonchev–Trinajstić information content (AvgIpc) is 3.21. The fourth-order valence-electron chi connectivity index (χ4n) is 11.1. The molecule has 4 aliphatic rings. The quantitative estimate of drug-likeness (QED) is 0.243. The Balaban J connectivity index is 1.62. The third-order valence-electron chi connectivity index (χ3n) is 13.0. The highest BCUT2D eigenvalue weighted by Crippen LogP contribution is 2.46. The Labute approximate surface area is 313 Å². The summed E-state index contributed by atoms with van der Waals surface area (Å²) in [5.41, 5.74) is 13.3. The summed E-state index contributed by atoms with van der Waals surface area (Å²) in [6, 6.07) is 15.7. The van der Waals surface area contributed by atoms with E-state index in [9.17, 15) is 0 Å². The van der Waals surface area contributed by atoms with Crippen LogP contribution in [0.2, 0.25) is 0 Å². The first kappa shape index (κ1) is 37.8. The zero-order chi connectivity index (χ0) is 36.2. The van der Waals surface area contributed by atoms with Gasteiger partial charge in [-0.05, 0) is 108 Å². The Kier molecular flexibility index (Phi) is 12.1. The molecule has 0 amide bonds. The zero-order valence-electron chi connectivity index (χ0n) is 33.5. The molecule has 0 aromatic heterocycles. The van der Waals surface area contributed by atoms with Crippen molar-refractivity contribution >= 4 is 29.0 Å². The third kappa shape index (κ3) is 7.89. The maximum absolute atomic E-state index is 4.63. The molecule has 6 rings (SSSR count). The van der Waals surface area contributed by atoms with Crippen LogP contribution in [0.3, 0.4) is 0 Å². The van der Waals surface area contributed by atoms with Crippen LogP contribution in [-0.2, 0) is 5.41 Å². The average molecular weight is 685 g/mol. The van der Waals surface area contributed by atoms with Crippen LogP contribution in [0, 0.1) is 12.3 Å². The van der Waals surface area contributed by atoms with Gasteiger partial charge in [-0.2, -0.15) is 0 Å². The first-order valence-electron chi connectivity index (χ1n) is 21.1. The van der Waals surface area contributed by atoms with Crippen LogP contribution >= 0.6 is 0 Å². The Hall–Kier alpha value is -2.94. The maximum Gasteiger partial charge on any atom is 0.252 e. The number of benzene rings is 2. The first-order chi connectivity index (χ1) is 24.6. The molecule has 0 unspecified atom stereocenters. The van der Waals surface area contributed by atoms with Crippen molar-refractivity contribution in [2.75, 3.05) is 9.80 Å². The number of rotatable bonds is 9. The van der Waals surface area contributed by atoms with Crippen LogP contribution in [0.1, 0.15) is 161 Å². The Bertz CT molecular complexity index is 1590. The van der Waals surface area contributed by atoms with Gasteiger partial charge in [-0.3, -0.25) is 0 Å². The summed E-state index contributed by atoms with van der Waals surface area (Å²) in [6.07, 6.45) is 30.1. The molecule has 2 aliphatic carbocycles. The van der Waals surface area contributed by atoms with Crippen LogP contribution < -0.4 is 20.7 Å². The van der Waals surface area contributed by atoms with Crippen molar-refractivity contribution in [3.8, 4) is 0 Å². The molecule has 3 heteroatoms. The molecular weight excluding hydrogens is 615 g/mol. The van der Waals surface area contributed by atoms with E-state index in [1.807, 2.05) is 0 Å². The van der Waals surface area contributed by atoms with E-state index in [-0.39, 0.29) is 12.1 Å². The maximum atomic E-state index is 4.63. The van der Waals surface area contributed by atoms with Crippen molar-refractivity contribution in [1.82, 2.24) is 0 Å². The number of anilines is 2. The molecule has 2 aromatic carbocycles. The number of fused-ring (bicyclic) bond motifs is 5. The molecule has 51 heavy (non-hydrogen) atoms. The van der Waals surface area contributed by atoms with E-state index < -0.39 is 0 Å². The second-order valence-corrected chi connectivity index (χ2v) is 18.1. The lowest BCUT2D eigenvalue weighted by Crippen LogP contribution is -2.60. The molecule has 2 fully saturated rings. The predicted octanol–water partition coefficient (Wildman–Crippen LogP) is 12.4. The van der Waals surface area contributed by atoms with E-state index >= 15 is 0 Å². The minimum Gasteiger partial charge on any atom is -0.339 e. The molecular formula is C48H69BN2. The lowest BCUT2D eigenvalue weighted by molar-refractivity contribution is 0.236. The van der Waals surface area contributed by atoms with Crippen LogP contribution in [0.15, 0.2) is 84.7 Å². The van der Waals surface area contributed by atoms with Crippen molar-refractivity contribution < 1.29 is 0 Å². The molecule has 2 aliphatic heterocycles. The smallest absolute Gasteiger partial charge is 0.252 e. The summed E-state index contributed by atoms with van der Waals surface area (Å²) < 4.78 is 0. The monoisotopic (exact) mass is 685 g/mol. The number of aryl methyl sites for hydroxylation is 1. The van der Waals surface area contributed by atoms with E-state index in [0.717, 1.165) is 0 Å². The second kappa shape index (κ2) is 16.4. The molecule has 2 aromatic rings. The van der Waals surface area contributed by atoms with E-state index in [1.165, 1.54) is 166 Å². The Morgan fingerprint density at radius 2 is 1.31 bits per heavy atom. The van der Waals surface area contributed by atoms with Gasteiger partial charge in [-0.25, -0.2) is 0 Å². The predicted molar refractivity (Wildman–Crippen MR) is 226 cm³/mol. The normalized spacial score (nSPS) is 20.8. The van der Waals surface area contributed by atoms with Crippen molar-refractivity contribution in [1.29, 1.82) is 0 Å². The van der Waals surface area contributed by atoms with Gasteiger partial charge < -0.3 is 9.80 Å². The van der Waals surface area contributed by atoms with Gasteiger partial charge in [0.2, 0.25) is 0 Å². The standard InChI is InChI=1S/C48H69BN2/c1-9-25-44-46-42(11-3)50(37-26-21-17-14-18-22-27-37)45-33-36(4)39(48(7,8)35-47(5,6)32-10-2)34-41(45)49(46)40-30-23-24-31-43(40)51(44)38-28-19-15-12-13-16-20-29-38/h9,11,23-25,30-31,33-34,37-38H,1,3,10,12-22,26-29,32,35H2,2,4-8H3/b44-25+. The van der Waals surface area contributed by atoms with Gasteiger partial charge in [-0.1, -0.05) is 155 Å². The van der Waals surface area contributed by atoms with Gasteiger partial charge >= 0.3 is 0 Å². The van der Waals surface area contributed by atoms with Gasteiger partial charge in [0.25, 0.3) is 6.71 Å². The number of nitrogens with zero attached hydrogens (tertiary/aromatic N) is 2. The van der Waals surface area contributed by atoms with Crippen LogP contribution in [-0.4, -0.2) is 18.8 Å². The summed E-state index contributed by atoms with van der Waals surface area (Å²) in [7, 11) is 0. The molecule has 274 valence electrons. The molecule has 0 radical (unpaired) electrons. The summed E-state index contributed by atoms with van der Waals surface area (Å²) in [4.78, 5) is 5.59. The van der Waals surface area contributed by atoms with Crippen molar-refractivity contribution in [2.24, 2.45) is 5.41 Å². The van der Waals surface area contributed by atoms with E-state index in [4.69, 9.17) is 0 Å². The zero-order valence-corrected chi connectivity index (χ0v) is 33.5. The van der Waals surface area contributed by atoms with E-state index in [1.54, 1.807) is 0 Å². The highest BCUT2D eigenvalue weighted by molar-refractivity contribution is 6.94. The molecule has 0 saturated heterocycles. The molecule has 0 bridgehead atoms. The molecule has 2 heterocycles. The molecule has 0 N–H and O–H groups in total. The van der Waals surface area contributed by atoms with E-state index in [2.05, 4.69) is 119 Å². The van der Waals surface area contributed by atoms with Gasteiger partial charge in [-0.15, -0.1) is 0 Å². The molecule has 0 spiro atoms. The van der Waals surface area contributed by atoms with Crippen LogP contribution in [0.4, 0.5) is 11.4 Å². The fourth-order valence-corrected chi connectivity index (χ4v) is 11.1. The highest BCUT2D eigenvalue weighted by atomic mass is 15.2. The largest absolute Gasteiger partial charge is 0.339 e. The van der Waals surface area contributed by atoms with Crippen LogP contribution in [0.25, 0.3) is 0 Å². The number of hydrogen-bond acceptors (Lipinski definition) is 2. The van der Waals surface area contributed by atoms with Crippen molar-refractivity contribution in [3.05, 3.63) is 95.8 Å². The minimum absolute atomic E-state index is 0.0583. The lowest BCUT2D eigenvalue weighted by Gasteiger charge is -2.50. The highest BCUT2D eigenvalue weighted by Gasteiger charge is 2.47. The molecule has 0 atom stereocenters. The summed E-state index contributed by atoms with van der Waals surface area (Å²) in [5, 5.41) is 0. The Morgan fingerprint density at radius 1 is 0.745 bits per heavy atom. The first-order valence-corrected chi connectivity index (χ1v) is 21.1.